The van der Waals surface area contributed by atoms with Gasteiger partial charge in [-0.1, -0.05) is 12.1 Å². The molecule has 1 amide bonds. The molecule has 252 valence electrons. The van der Waals surface area contributed by atoms with Crippen LogP contribution in [0.3, 0.4) is 0 Å². The number of carbonyl (C=O) groups is 3. The number of benzene rings is 2. The molecule has 0 spiro atoms. The second kappa shape index (κ2) is 16.3. The normalized spacial score (nSPS) is 13.8. The monoisotopic (exact) mass is 668 g/mol. The largest absolute Gasteiger partial charge is 0.491 e. The number of fused-ring (bicyclic) bond motifs is 1. The lowest BCUT2D eigenvalue weighted by Gasteiger charge is -2.26. The molecular weight excluding hydrogens is 641 g/mol. The third-order valence-corrected chi connectivity index (χ3v) is 5.43. The predicted octanol–water partition coefficient (Wildman–Crippen LogP) is 4.59. The maximum absolute atomic E-state index is 14.9. The molecule has 1 aliphatic rings. The number of carbonyl (C=O) groups excluding carboxylic acids is 1. The molecule has 4 N–H and O–H groups in total. The van der Waals surface area contributed by atoms with Crippen molar-refractivity contribution in [1.29, 1.82) is 0 Å². The molecule has 0 fully saturated rings. The van der Waals surface area contributed by atoms with Gasteiger partial charge in [-0.05, 0) is 38.7 Å². The van der Waals surface area contributed by atoms with Crippen LogP contribution in [0.2, 0.25) is 0 Å². The number of anilines is 1. The number of aromatic nitrogens is 2. The summed E-state index contributed by atoms with van der Waals surface area (Å²) < 4.78 is 95.6. The first-order valence-electron chi connectivity index (χ1n) is 12.8. The summed E-state index contributed by atoms with van der Waals surface area (Å²) in [7, 11) is 3.95. The Hall–Kier alpha value is -5.07. The van der Waals surface area contributed by atoms with E-state index in [-0.39, 0.29) is 12.3 Å². The lowest BCUT2D eigenvalue weighted by molar-refractivity contribution is -0.193. The van der Waals surface area contributed by atoms with Crippen molar-refractivity contribution < 1.29 is 69.5 Å². The minimum atomic E-state index is -5.08. The summed E-state index contributed by atoms with van der Waals surface area (Å²) in [6.45, 7) is 1.30. The van der Waals surface area contributed by atoms with Gasteiger partial charge in [0, 0.05) is 29.9 Å². The number of para-hydroxylation sites is 2. The molecule has 0 saturated carbocycles. The predicted molar refractivity (Wildman–Crippen MR) is 145 cm³/mol. The van der Waals surface area contributed by atoms with E-state index in [1.54, 1.807) is 30.5 Å². The molecule has 12 nitrogen and oxygen atoms in total. The zero-order valence-electron chi connectivity index (χ0n) is 23.9. The molecule has 0 bridgehead atoms. The van der Waals surface area contributed by atoms with Crippen molar-refractivity contribution in [3.63, 3.8) is 0 Å². The molecule has 0 saturated heterocycles. The molecule has 4 rings (SSSR count). The number of ether oxygens (including phenoxy) is 3. The number of aliphatic carboxylic acids is 2. The van der Waals surface area contributed by atoms with Crippen LogP contribution in [-0.4, -0.2) is 95.5 Å². The average molecular weight is 669 g/mol. The van der Waals surface area contributed by atoms with Gasteiger partial charge in [-0.2, -0.15) is 31.4 Å². The van der Waals surface area contributed by atoms with Crippen LogP contribution in [0.4, 0.5) is 36.4 Å². The Morgan fingerprint density at radius 3 is 2.15 bits per heavy atom. The van der Waals surface area contributed by atoms with Crippen molar-refractivity contribution in [1.82, 2.24) is 15.1 Å². The summed E-state index contributed by atoms with van der Waals surface area (Å²) >= 11 is 0. The van der Waals surface area contributed by atoms with Crippen molar-refractivity contribution in [2.24, 2.45) is 0 Å². The first-order valence-corrected chi connectivity index (χ1v) is 12.8. The third kappa shape index (κ3) is 11.8. The van der Waals surface area contributed by atoms with E-state index in [1.807, 2.05) is 25.1 Å². The molecule has 2 heterocycles. The summed E-state index contributed by atoms with van der Waals surface area (Å²) in [6.07, 6.45) is -7.15. The van der Waals surface area contributed by atoms with Crippen LogP contribution < -0.4 is 19.5 Å². The summed E-state index contributed by atoms with van der Waals surface area (Å²) in [5.74, 6) is -5.04. The number of alkyl halides is 6. The van der Waals surface area contributed by atoms with Gasteiger partial charge in [0.1, 0.15) is 18.2 Å². The maximum Gasteiger partial charge on any atom is 0.490 e. The third-order valence-electron chi connectivity index (χ3n) is 5.43. The van der Waals surface area contributed by atoms with Crippen molar-refractivity contribution in [2.45, 2.75) is 24.9 Å². The van der Waals surface area contributed by atoms with Gasteiger partial charge < -0.3 is 34.6 Å². The van der Waals surface area contributed by atoms with E-state index in [0.717, 1.165) is 13.0 Å². The van der Waals surface area contributed by atoms with Crippen molar-refractivity contribution >= 4 is 23.5 Å². The van der Waals surface area contributed by atoms with E-state index >= 15 is 0 Å². The van der Waals surface area contributed by atoms with Gasteiger partial charge in [-0.15, -0.1) is 0 Å². The molecule has 19 heteroatoms. The topological polar surface area (TPSA) is 163 Å². The van der Waals surface area contributed by atoms with Crippen molar-refractivity contribution in [3.8, 4) is 28.4 Å². The number of amides is 1. The Morgan fingerprint density at radius 2 is 1.63 bits per heavy atom. The van der Waals surface area contributed by atoms with Crippen LogP contribution in [0, 0.1) is 5.82 Å². The van der Waals surface area contributed by atoms with Gasteiger partial charge >= 0.3 is 24.3 Å². The average Bonchev–Trinajstić information content (AvgIpc) is 3.50. The Kier molecular flexibility index (Phi) is 13.2. The SMILES string of the molecule is CN(C)CCCOc1cc(-c2cn[nH]c2)c(F)cc1NC(=O)C1COc2ccccc2O1.O=C(O)C(F)(F)F.O=C(O)C(F)(F)F. The highest BCUT2D eigenvalue weighted by Crippen LogP contribution is 2.35. The highest BCUT2D eigenvalue weighted by Gasteiger charge is 2.39. The van der Waals surface area contributed by atoms with E-state index in [2.05, 4.69) is 15.5 Å². The first kappa shape index (κ1) is 37.1. The van der Waals surface area contributed by atoms with E-state index in [0.29, 0.717) is 35.0 Å². The molecule has 1 aliphatic heterocycles. The number of carboxylic acid groups (broad SMARTS) is 2. The molecule has 0 aliphatic carbocycles. The van der Waals surface area contributed by atoms with E-state index in [4.69, 9.17) is 34.0 Å². The van der Waals surface area contributed by atoms with Crippen LogP contribution in [-0.2, 0) is 14.4 Å². The van der Waals surface area contributed by atoms with Crippen LogP contribution in [0.15, 0.2) is 48.8 Å². The Morgan fingerprint density at radius 1 is 1.04 bits per heavy atom. The summed E-state index contributed by atoms with van der Waals surface area (Å²) in [4.78, 5) is 32.7. The zero-order valence-corrected chi connectivity index (χ0v) is 23.9. The van der Waals surface area contributed by atoms with Gasteiger partial charge in [-0.25, -0.2) is 14.0 Å². The van der Waals surface area contributed by atoms with E-state index < -0.39 is 42.1 Å². The standard InChI is InChI=1S/C23H25FN4O4.2C2HF3O2/c1-28(2)8-5-9-30-21-10-16(15-12-25-26-13-15)17(24)11-18(21)27-23(29)22-14-31-19-6-3-4-7-20(19)32-22;2*3-2(4,5)1(6)7/h3-4,6-7,10-13,22H,5,8-9,14H2,1-2H3,(H,25,26)(H,27,29);2*(H,6,7). The summed E-state index contributed by atoms with van der Waals surface area (Å²) in [5, 5.41) is 23.5. The number of H-pyrrole nitrogens is 1. The van der Waals surface area contributed by atoms with Crippen molar-refractivity contribution in [2.75, 3.05) is 39.2 Å². The number of hydrogen-bond donors (Lipinski definition) is 4. The number of hydrogen-bond acceptors (Lipinski definition) is 8. The number of halogens is 7. The van der Waals surface area contributed by atoms with Crippen LogP contribution in [0.5, 0.6) is 17.2 Å². The minimum absolute atomic E-state index is 0.0530. The van der Waals surface area contributed by atoms with Crippen LogP contribution in [0.25, 0.3) is 11.1 Å². The quantitative estimate of drug-likeness (QED) is 0.197. The lowest BCUT2D eigenvalue weighted by atomic mass is 10.1. The molecule has 0 radical (unpaired) electrons. The zero-order chi connectivity index (χ0) is 34.7. The lowest BCUT2D eigenvalue weighted by Crippen LogP contribution is -2.40. The molecule has 46 heavy (non-hydrogen) atoms. The van der Waals surface area contributed by atoms with E-state index in [1.165, 1.54) is 12.3 Å². The van der Waals surface area contributed by atoms with Crippen LogP contribution >= 0.6 is 0 Å². The number of rotatable bonds is 8. The Labute approximate surface area is 255 Å². The highest BCUT2D eigenvalue weighted by atomic mass is 19.4. The number of carboxylic acids is 2. The van der Waals surface area contributed by atoms with Crippen LogP contribution in [0.1, 0.15) is 6.42 Å². The first-order chi connectivity index (χ1) is 21.4. The summed E-state index contributed by atoms with van der Waals surface area (Å²) in [5.41, 5.74) is 1.14. The fourth-order valence-electron chi connectivity index (χ4n) is 3.31. The fraction of sp³-hybridized carbons (Fsp3) is 0.333. The molecule has 3 aromatic rings. The number of nitrogens with one attached hydrogen (secondary N) is 2. The molecule has 1 aromatic heterocycles. The van der Waals surface area contributed by atoms with Gasteiger partial charge in [-0.3, -0.25) is 9.89 Å². The van der Waals surface area contributed by atoms with Gasteiger partial charge in [0.05, 0.1) is 18.5 Å². The van der Waals surface area contributed by atoms with Gasteiger partial charge in [0.2, 0.25) is 6.10 Å². The fourth-order valence-corrected chi connectivity index (χ4v) is 3.31. The molecule has 1 unspecified atom stereocenters. The molecule has 2 aromatic carbocycles. The molecular formula is C27H27F7N4O8. The summed E-state index contributed by atoms with van der Waals surface area (Å²) in [6, 6.07) is 9.94. The second-order valence-corrected chi connectivity index (χ2v) is 9.28. The Bertz CT molecular complexity index is 1440. The number of aromatic amines is 1. The second-order valence-electron chi connectivity index (χ2n) is 9.28. The van der Waals surface area contributed by atoms with E-state index in [9.17, 15) is 35.5 Å². The van der Waals surface area contributed by atoms with Gasteiger partial charge in [0.25, 0.3) is 5.91 Å². The smallest absolute Gasteiger partial charge is 0.490 e. The highest BCUT2D eigenvalue weighted by molar-refractivity contribution is 5.96. The van der Waals surface area contributed by atoms with Crippen molar-refractivity contribution in [3.05, 3.63) is 54.6 Å². The maximum atomic E-state index is 14.9. The Balaban J connectivity index is 0.000000440. The molecule has 1 atom stereocenters. The minimum Gasteiger partial charge on any atom is -0.491 e. The number of nitrogens with zero attached hydrogens (tertiary/aromatic N) is 2. The van der Waals surface area contributed by atoms with Gasteiger partial charge in [0.15, 0.2) is 11.5 Å².